The van der Waals surface area contributed by atoms with E-state index in [1.54, 1.807) is 6.20 Å². The molecule has 2 heterocycles. The van der Waals surface area contributed by atoms with Gasteiger partial charge in [0.15, 0.2) is 5.76 Å². The van der Waals surface area contributed by atoms with Crippen LogP contribution in [0, 0.1) is 0 Å². The molecule has 0 saturated carbocycles. The average molecular weight is 334 g/mol. The van der Waals surface area contributed by atoms with E-state index in [0.29, 0.717) is 19.1 Å². The van der Waals surface area contributed by atoms with Crippen LogP contribution >= 0.6 is 0 Å². The molecule has 0 radical (unpaired) electrons. The average Bonchev–Trinajstić information content (AvgIpc) is 3.27. The lowest BCUT2D eigenvalue weighted by atomic mass is 10.1. The maximum absolute atomic E-state index is 5.88. The van der Waals surface area contributed by atoms with Gasteiger partial charge in [0.1, 0.15) is 6.73 Å². The number of aromatic nitrogens is 2. The predicted octanol–water partition coefficient (Wildman–Crippen LogP) is 4.48. The first kappa shape index (κ1) is 15.5. The van der Waals surface area contributed by atoms with E-state index in [4.69, 9.17) is 13.9 Å². The molecule has 0 unspecified atom stereocenters. The Kier molecular flexibility index (Phi) is 4.23. The van der Waals surface area contributed by atoms with Crippen molar-refractivity contribution < 1.29 is 13.9 Å². The second-order valence-electron chi connectivity index (χ2n) is 5.69. The van der Waals surface area contributed by atoms with Crippen molar-refractivity contribution in [1.29, 1.82) is 0 Å². The van der Waals surface area contributed by atoms with Crippen LogP contribution in [0.1, 0.15) is 5.56 Å². The Morgan fingerprint density at radius 3 is 2.64 bits per heavy atom. The lowest BCUT2D eigenvalue weighted by molar-refractivity contribution is 0.0668. The van der Waals surface area contributed by atoms with E-state index < -0.39 is 0 Å². The molecule has 5 heteroatoms. The fourth-order valence-corrected chi connectivity index (χ4v) is 2.86. The number of nitrogens with zero attached hydrogens (tertiary/aromatic N) is 2. The summed E-state index contributed by atoms with van der Waals surface area (Å²) in [6, 6.07) is 18.3. The van der Waals surface area contributed by atoms with Gasteiger partial charge in [0, 0.05) is 17.1 Å². The van der Waals surface area contributed by atoms with Crippen LogP contribution in [0.15, 0.2) is 71.4 Å². The fourth-order valence-electron chi connectivity index (χ4n) is 2.86. The smallest absolute Gasteiger partial charge is 0.393 e. The maximum atomic E-state index is 5.88. The van der Waals surface area contributed by atoms with E-state index >= 15 is 0 Å². The lowest BCUT2D eigenvalue weighted by Crippen LogP contribution is -2.01. The molecular formula is C20H18N2O3. The minimum Gasteiger partial charge on any atom is -0.454 e. The van der Waals surface area contributed by atoms with Gasteiger partial charge in [0.2, 0.25) is 0 Å². The Morgan fingerprint density at radius 2 is 1.84 bits per heavy atom. The van der Waals surface area contributed by atoms with Gasteiger partial charge in [-0.15, -0.1) is 0 Å². The lowest BCUT2D eigenvalue weighted by Gasteiger charge is -2.07. The molecule has 0 aliphatic carbocycles. The van der Waals surface area contributed by atoms with Gasteiger partial charge in [-0.3, -0.25) is 0 Å². The molecular weight excluding hydrogens is 316 g/mol. The van der Waals surface area contributed by atoms with E-state index in [2.05, 4.69) is 33.8 Å². The van der Waals surface area contributed by atoms with Gasteiger partial charge in [-0.25, -0.2) is 0 Å². The Hall–Kier alpha value is -3.05. The van der Waals surface area contributed by atoms with Crippen molar-refractivity contribution in [3.05, 3.63) is 72.6 Å². The first-order valence-corrected chi connectivity index (χ1v) is 8.05. The van der Waals surface area contributed by atoms with E-state index in [1.807, 2.05) is 36.5 Å². The van der Waals surface area contributed by atoms with E-state index in [9.17, 15) is 0 Å². The SMILES string of the molecule is COc1ncc(-c2cn(COCc3ccccc3)c3ccccc23)o1. The van der Waals surface area contributed by atoms with E-state index in [0.717, 1.165) is 22.0 Å². The second-order valence-corrected chi connectivity index (χ2v) is 5.69. The number of hydrogen-bond acceptors (Lipinski definition) is 4. The highest BCUT2D eigenvalue weighted by atomic mass is 16.6. The third kappa shape index (κ3) is 3.14. The van der Waals surface area contributed by atoms with Gasteiger partial charge < -0.3 is 18.5 Å². The minimum absolute atomic E-state index is 0.257. The first-order valence-electron chi connectivity index (χ1n) is 8.05. The monoisotopic (exact) mass is 334 g/mol. The zero-order chi connectivity index (χ0) is 17.1. The highest BCUT2D eigenvalue weighted by molar-refractivity contribution is 5.94. The molecule has 0 aliphatic rings. The molecule has 0 saturated heterocycles. The summed E-state index contributed by atoms with van der Waals surface area (Å²) in [5.41, 5.74) is 3.20. The second kappa shape index (κ2) is 6.83. The van der Waals surface area contributed by atoms with Gasteiger partial charge in [0.25, 0.3) is 0 Å². The van der Waals surface area contributed by atoms with Gasteiger partial charge in [-0.1, -0.05) is 48.5 Å². The molecule has 2 aromatic heterocycles. The minimum atomic E-state index is 0.257. The molecule has 4 aromatic rings. The van der Waals surface area contributed by atoms with Crippen molar-refractivity contribution in [2.75, 3.05) is 7.11 Å². The molecule has 0 N–H and O–H groups in total. The molecule has 0 fully saturated rings. The summed E-state index contributed by atoms with van der Waals surface area (Å²) in [5.74, 6) is 0.676. The Morgan fingerprint density at radius 1 is 1.04 bits per heavy atom. The van der Waals surface area contributed by atoms with Crippen molar-refractivity contribution in [2.45, 2.75) is 13.3 Å². The quantitative estimate of drug-likeness (QED) is 0.522. The summed E-state index contributed by atoms with van der Waals surface area (Å²) >= 11 is 0. The van der Waals surface area contributed by atoms with Crippen LogP contribution in [0.25, 0.3) is 22.2 Å². The fraction of sp³-hybridized carbons (Fsp3) is 0.150. The van der Waals surface area contributed by atoms with Crippen molar-refractivity contribution in [3.8, 4) is 17.4 Å². The van der Waals surface area contributed by atoms with Gasteiger partial charge in [-0.2, -0.15) is 4.98 Å². The molecule has 2 aromatic carbocycles. The molecule has 0 aliphatic heterocycles. The standard InChI is InChI=1S/C20H18N2O3/c1-23-20-21-11-19(25-20)17-12-22(18-10-6-5-9-16(17)18)14-24-13-15-7-3-2-4-8-15/h2-12H,13-14H2,1H3. The first-order chi connectivity index (χ1) is 12.3. The van der Waals surface area contributed by atoms with Crippen LogP contribution < -0.4 is 4.74 Å². The highest BCUT2D eigenvalue weighted by Crippen LogP contribution is 2.32. The Balaban J connectivity index is 1.61. The number of rotatable bonds is 6. The molecule has 0 bridgehead atoms. The van der Waals surface area contributed by atoms with Crippen LogP contribution in [-0.2, 0) is 18.1 Å². The normalized spacial score (nSPS) is 11.1. The number of hydrogen-bond donors (Lipinski definition) is 0. The summed E-state index contributed by atoms with van der Waals surface area (Å²) in [6.07, 6.45) is 3.96. The van der Waals surface area contributed by atoms with Crippen LogP contribution in [0.2, 0.25) is 0 Å². The Labute approximate surface area is 145 Å². The van der Waals surface area contributed by atoms with Gasteiger partial charge in [0.05, 0.1) is 25.4 Å². The largest absolute Gasteiger partial charge is 0.454 e. The van der Waals surface area contributed by atoms with Crippen LogP contribution in [-0.4, -0.2) is 16.7 Å². The molecule has 0 atom stereocenters. The topological polar surface area (TPSA) is 49.4 Å². The third-order valence-corrected chi connectivity index (χ3v) is 4.06. The summed E-state index contributed by atoms with van der Waals surface area (Å²) in [6.45, 7) is 1.03. The van der Waals surface area contributed by atoms with E-state index in [1.165, 1.54) is 7.11 Å². The third-order valence-electron chi connectivity index (χ3n) is 4.06. The van der Waals surface area contributed by atoms with Crippen molar-refractivity contribution in [1.82, 2.24) is 9.55 Å². The molecule has 0 amide bonds. The molecule has 5 nitrogen and oxygen atoms in total. The van der Waals surface area contributed by atoms with Crippen LogP contribution in [0.5, 0.6) is 6.08 Å². The zero-order valence-corrected chi connectivity index (χ0v) is 13.9. The maximum Gasteiger partial charge on any atom is 0.393 e. The van der Waals surface area contributed by atoms with Crippen molar-refractivity contribution >= 4 is 10.9 Å². The summed E-state index contributed by atoms with van der Waals surface area (Å²) in [5, 5.41) is 1.09. The molecule has 4 rings (SSSR count). The van der Waals surface area contributed by atoms with Crippen molar-refractivity contribution in [3.63, 3.8) is 0 Å². The van der Waals surface area contributed by atoms with Crippen LogP contribution in [0.3, 0.4) is 0 Å². The number of benzene rings is 2. The Bertz CT molecular complexity index is 973. The number of methoxy groups -OCH3 is 1. The summed E-state index contributed by atoms with van der Waals surface area (Å²) in [4.78, 5) is 4.10. The number of ether oxygens (including phenoxy) is 2. The number of oxazole rings is 1. The summed E-state index contributed by atoms with van der Waals surface area (Å²) < 4.78 is 18.6. The van der Waals surface area contributed by atoms with Gasteiger partial charge in [-0.05, 0) is 11.6 Å². The zero-order valence-electron chi connectivity index (χ0n) is 13.9. The predicted molar refractivity (Wildman–Crippen MR) is 95.2 cm³/mol. The van der Waals surface area contributed by atoms with Crippen molar-refractivity contribution in [2.24, 2.45) is 0 Å². The number of fused-ring (bicyclic) bond motifs is 1. The van der Waals surface area contributed by atoms with E-state index in [-0.39, 0.29) is 6.08 Å². The number of para-hydroxylation sites is 1. The molecule has 25 heavy (non-hydrogen) atoms. The summed E-state index contributed by atoms with van der Waals surface area (Å²) in [7, 11) is 1.54. The van der Waals surface area contributed by atoms with Gasteiger partial charge >= 0.3 is 6.08 Å². The molecule has 0 spiro atoms. The molecule has 126 valence electrons. The van der Waals surface area contributed by atoms with Crippen LogP contribution in [0.4, 0.5) is 0 Å². The highest BCUT2D eigenvalue weighted by Gasteiger charge is 2.14.